The maximum Gasteiger partial charge on any atom is 0.241 e. The Morgan fingerprint density at radius 1 is 1.55 bits per heavy atom. The van der Waals surface area contributed by atoms with Gasteiger partial charge < -0.3 is 15.3 Å². The van der Waals surface area contributed by atoms with E-state index in [0.29, 0.717) is 5.89 Å². The predicted molar refractivity (Wildman–Crippen MR) is 37.4 cm³/mol. The zero-order chi connectivity index (χ0) is 8.48. The van der Waals surface area contributed by atoms with Crippen LogP contribution in [0.2, 0.25) is 0 Å². The Morgan fingerprint density at radius 2 is 2.18 bits per heavy atom. The Morgan fingerprint density at radius 3 is 2.45 bits per heavy atom. The van der Waals surface area contributed by atoms with E-state index >= 15 is 0 Å². The normalized spacial score (nSPS) is 12.0. The predicted octanol–water partition coefficient (Wildman–Crippen LogP) is -0.244. The van der Waals surface area contributed by atoms with Crippen molar-refractivity contribution >= 4 is 0 Å². The third-order valence-electron chi connectivity index (χ3n) is 1.15. The standard InChI is InChI=1S/C6H11N3O2/c1-6(2,7)5-9-8-4(3-10)11-5/h10H,3,7H2,1-2H3. The van der Waals surface area contributed by atoms with Gasteiger partial charge in [0.05, 0.1) is 5.54 Å². The van der Waals surface area contributed by atoms with Crippen molar-refractivity contribution in [3.05, 3.63) is 11.8 Å². The van der Waals surface area contributed by atoms with Gasteiger partial charge in [-0.25, -0.2) is 0 Å². The van der Waals surface area contributed by atoms with Crippen LogP contribution in [0.15, 0.2) is 4.42 Å². The summed E-state index contributed by atoms with van der Waals surface area (Å²) in [6.07, 6.45) is 0. The molecular weight excluding hydrogens is 146 g/mol. The molecule has 0 amide bonds. The molecule has 1 rings (SSSR count). The van der Waals surface area contributed by atoms with E-state index in [0.717, 1.165) is 0 Å². The van der Waals surface area contributed by atoms with E-state index in [2.05, 4.69) is 10.2 Å². The highest BCUT2D eigenvalue weighted by Crippen LogP contribution is 2.14. The van der Waals surface area contributed by atoms with Crippen LogP contribution in [0.4, 0.5) is 0 Å². The minimum Gasteiger partial charge on any atom is -0.421 e. The molecule has 1 aromatic rings. The first kappa shape index (κ1) is 8.16. The zero-order valence-electron chi connectivity index (χ0n) is 6.53. The summed E-state index contributed by atoms with van der Waals surface area (Å²) in [6, 6.07) is 0. The number of hydrogen-bond acceptors (Lipinski definition) is 5. The smallest absolute Gasteiger partial charge is 0.241 e. The molecule has 0 saturated heterocycles. The molecule has 5 nitrogen and oxygen atoms in total. The van der Waals surface area contributed by atoms with Gasteiger partial charge in [-0.3, -0.25) is 0 Å². The Kier molecular flexibility index (Phi) is 1.92. The van der Waals surface area contributed by atoms with Crippen LogP contribution in [0, 0.1) is 0 Å². The second kappa shape index (κ2) is 2.60. The average Bonchev–Trinajstić information content (AvgIpc) is 2.32. The van der Waals surface area contributed by atoms with Crippen LogP contribution >= 0.6 is 0 Å². The lowest BCUT2D eigenvalue weighted by Crippen LogP contribution is -2.29. The number of rotatable bonds is 2. The second-order valence-electron chi connectivity index (χ2n) is 2.88. The average molecular weight is 157 g/mol. The highest BCUT2D eigenvalue weighted by atomic mass is 16.4. The van der Waals surface area contributed by atoms with Crippen molar-refractivity contribution in [1.29, 1.82) is 0 Å². The molecule has 0 saturated carbocycles. The molecule has 1 aromatic heterocycles. The minimum atomic E-state index is -0.638. The van der Waals surface area contributed by atoms with Crippen LogP contribution < -0.4 is 5.73 Å². The molecule has 0 fully saturated rings. The Bertz CT molecular complexity index is 238. The maximum absolute atomic E-state index is 8.58. The van der Waals surface area contributed by atoms with E-state index in [1.165, 1.54) is 0 Å². The first-order valence-corrected chi connectivity index (χ1v) is 3.26. The van der Waals surface area contributed by atoms with Crippen molar-refractivity contribution in [3.8, 4) is 0 Å². The molecule has 0 aliphatic heterocycles. The van der Waals surface area contributed by atoms with Crippen molar-refractivity contribution in [2.75, 3.05) is 0 Å². The number of hydrogen-bond donors (Lipinski definition) is 2. The monoisotopic (exact) mass is 157 g/mol. The van der Waals surface area contributed by atoms with Gasteiger partial charge in [0.1, 0.15) is 6.61 Å². The molecule has 0 bridgehead atoms. The number of aromatic nitrogens is 2. The second-order valence-corrected chi connectivity index (χ2v) is 2.88. The first-order chi connectivity index (χ1) is 5.04. The first-order valence-electron chi connectivity index (χ1n) is 3.26. The van der Waals surface area contributed by atoms with Gasteiger partial charge in [-0.1, -0.05) is 0 Å². The summed E-state index contributed by atoms with van der Waals surface area (Å²) in [5.41, 5.74) is 5.01. The number of aliphatic hydroxyl groups is 1. The molecule has 0 spiro atoms. The van der Waals surface area contributed by atoms with Gasteiger partial charge in [0.25, 0.3) is 0 Å². The zero-order valence-corrected chi connectivity index (χ0v) is 6.53. The van der Waals surface area contributed by atoms with Gasteiger partial charge in [-0.05, 0) is 13.8 Å². The van der Waals surface area contributed by atoms with Crippen molar-refractivity contribution in [2.24, 2.45) is 5.73 Å². The Hall–Kier alpha value is -0.940. The summed E-state index contributed by atoms with van der Waals surface area (Å²) in [7, 11) is 0. The molecule has 0 unspecified atom stereocenters. The molecule has 0 aliphatic carbocycles. The van der Waals surface area contributed by atoms with Crippen molar-refractivity contribution < 1.29 is 9.52 Å². The summed E-state index contributed by atoms with van der Waals surface area (Å²) in [5, 5.41) is 15.8. The lowest BCUT2D eigenvalue weighted by molar-refractivity contribution is 0.230. The summed E-state index contributed by atoms with van der Waals surface area (Å²) in [4.78, 5) is 0. The minimum absolute atomic E-state index is 0.193. The van der Waals surface area contributed by atoms with Crippen LogP contribution in [-0.2, 0) is 12.1 Å². The molecule has 62 valence electrons. The summed E-state index contributed by atoms with van der Waals surface area (Å²) < 4.78 is 5.00. The van der Waals surface area contributed by atoms with Crippen molar-refractivity contribution in [2.45, 2.75) is 26.0 Å². The Labute approximate surface area is 64.2 Å². The fourth-order valence-electron chi connectivity index (χ4n) is 0.578. The largest absolute Gasteiger partial charge is 0.421 e. The van der Waals surface area contributed by atoms with E-state index in [1.54, 1.807) is 13.8 Å². The van der Waals surface area contributed by atoms with Crippen LogP contribution in [0.3, 0.4) is 0 Å². The molecule has 0 atom stereocenters. The fourth-order valence-corrected chi connectivity index (χ4v) is 0.578. The molecular formula is C6H11N3O2. The van der Waals surface area contributed by atoms with Gasteiger partial charge >= 0.3 is 0 Å². The van der Waals surface area contributed by atoms with Gasteiger partial charge in [0, 0.05) is 0 Å². The van der Waals surface area contributed by atoms with Gasteiger partial charge in [0.15, 0.2) is 0 Å². The molecule has 1 heterocycles. The summed E-state index contributed by atoms with van der Waals surface area (Å²) in [5.74, 6) is 0.528. The van der Waals surface area contributed by atoms with Crippen LogP contribution in [0.25, 0.3) is 0 Å². The van der Waals surface area contributed by atoms with Crippen molar-refractivity contribution in [1.82, 2.24) is 10.2 Å². The highest BCUT2D eigenvalue weighted by Gasteiger charge is 2.21. The lowest BCUT2D eigenvalue weighted by Gasteiger charge is -2.11. The fraction of sp³-hybridized carbons (Fsp3) is 0.667. The number of nitrogens with two attached hydrogens (primary N) is 1. The van der Waals surface area contributed by atoms with Gasteiger partial charge in [-0.2, -0.15) is 0 Å². The molecule has 0 aromatic carbocycles. The lowest BCUT2D eigenvalue weighted by atomic mass is 10.1. The van der Waals surface area contributed by atoms with Gasteiger partial charge in [0.2, 0.25) is 11.8 Å². The third-order valence-corrected chi connectivity index (χ3v) is 1.15. The van der Waals surface area contributed by atoms with E-state index < -0.39 is 5.54 Å². The van der Waals surface area contributed by atoms with Crippen LogP contribution in [0.1, 0.15) is 25.6 Å². The van der Waals surface area contributed by atoms with E-state index in [1.807, 2.05) is 0 Å². The molecule has 0 aliphatic rings. The van der Waals surface area contributed by atoms with E-state index in [-0.39, 0.29) is 12.5 Å². The molecule has 11 heavy (non-hydrogen) atoms. The van der Waals surface area contributed by atoms with Crippen LogP contribution in [-0.4, -0.2) is 15.3 Å². The van der Waals surface area contributed by atoms with Crippen molar-refractivity contribution in [3.63, 3.8) is 0 Å². The molecule has 3 N–H and O–H groups in total. The number of aliphatic hydroxyl groups excluding tert-OH is 1. The summed E-state index contributed by atoms with van der Waals surface area (Å²) in [6.45, 7) is 3.26. The number of nitrogens with zero attached hydrogens (tertiary/aromatic N) is 2. The Balaban J connectivity index is 2.89. The molecule has 0 radical (unpaired) electrons. The van der Waals surface area contributed by atoms with E-state index in [4.69, 9.17) is 15.3 Å². The maximum atomic E-state index is 8.58. The SMILES string of the molecule is CC(C)(N)c1nnc(CO)o1. The molecule has 5 heteroatoms. The van der Waals surface area contributed by atoms with Crippen LogP contribution in [0.5, 0.6) is 0 Å². The summed E-state index contributed by atoms with van der Waals surface area (Å²) >= 11 is 0. The van der Waals surface area contributed by atoms with Gasteiger partial charge in [-0.15, -0.1) is 10.2 Å². The third kappa shape index (κ3) is 1.75. The quantitative estimate of drug-likeness (QED) is 0.618. The highest BCUT2D eigenvalue weighted by molar-refractivity contribution is 4.94. The van der Waals surface area contributed by atoms with E-state index in [9.17, 15) is 0 Å². The topological polar surface area (TPSA) is 85.2 Å².